The quantitative estimate of drug-likeness (QED) is 0.796. The van der Waals surface area contributed by atoms with Gasteiger partial charge in [-0.05, 0) is 45.6 Å². The summed E-state index contributed by atoms with van der Waals surface area (Å²) in [5.74, 6) is 0. The smallest absolute Gasteiger partial charge is 0.410 e. The normalized spacial score (nSPS) is 18.2. The van der Waals surface area contributed by atoms with E-state index in [1.54, 1.807) is 0 Å². The van der Waals surface area contributed by atoms with E-state index in [0.717, 1.165) is 32.7 Å². The van der Waals surface area contributed by atoms with Gasteiger partial charge in [-0.3, -0.25) is 4.90 Å². The van der Waals surface area contributed by atoms with Gasteiger partial charge in [0.15, 0.2) is 0 Å². The van der Waals surface area contributed by atoms with Gasteiger partial charge in [0, 0.05) is 26.2 Å². The molecule has 4 nitrogen and oxygen atoms in total. The summed E-state index contributed by atoms with van der Waals surface area (Å²) in [7, 11) is 0. The number of hydrogen-bond donors (Lipinski definition) is 0. The van der Waals surface area contributed by atoms with Gasteiger partial charge in [-0.2, -0.15) is 0 Å². The molecule has 0 unspecified atom stereocenters. The molecule has 1 amide bonds. The number of ether oxygens (including phenoxy) is 1. The second kappa shape index (κ2) is 6.79. The molecule has 1 rings (SSSR count). The van der Waals surface area contributed by atoms with Gasteiger partial charge in [0.25, 0.3) is 0 Å². The van der Waals surface area contributed by atoms with Gasteiger partial charge < -0.3 is 9.64 Å². The molecule has 0 aliphatic carbocycles. The molecule has 0 bridgehead atoms. The molecule has 1 saturated heterocycles. The van der Waals surface area contributed by atoms with Crippen molar-refractivity contribution < 1.29 is 9.53 Å². The van der Waals surface area contributed by atoms with Crippen molar-refractivity contribution in [2.24, 2.45) is 5.41 Å². The van der Waals surface area contributed by atoms with Crippen molar-refractivity contribution in [1.29, 1.82) is 0 Å². The molecule has 1 heterocycles. The van der Waals surface area contributed by atoms with Gasteiger partial charge in [0.05, 0.1) is 0 Å². The van der Waals surface area contributed by atoms with E-state index < -0.39 is 5.60 Å². The van der Waals surface area contributed by atoms with Crippen LogP contribution in [0.1, 0.15) is 54.4 Å². The highest BCUT2D eigenvalue weighted by Crippen LogP contribution is 2.21. The van der Waals surface area contributed by atoms with Crippen LogP contribution in [-0.4, -0.2) is 54.2 Å². The fourth-order valence-electron chi connectivity index (χ4n) is 2.31. The Balaban J connectivity index is 2.25. The lowest BCUT2D eigenvalue weighted by molar-refractivity contribution is 0.0143. The van der Waals surface area contributed by atoms with Gasteiger partial charge in [-0.1, -0.05) is 20.8 Å². The Morgan fingerprint density at radius 3 is 2.00 bits per heavy atom. The molecule has 118 valence electrons. The number of amides is 1. The molecule has 0 atom stereocenters. The van der Waals surface area contributed by atoms with E-state index in [4.69, 9.17) is 4.74 Å². The third-order valence-corrected chi connectivity index (χ3v) is 3.43. The average Bonchev–Trinajstić information content (AvgIpc) is 2.25. The molecule has 0 saturated carbocycles. The first-order valence-electron chi connectivity index (χ1n) is 7.77. The number of nitrogens with zero attached hydrogens (tertiary/aromatic N) is 2. The fraction of sp³-hybridized carbons (Fsp3) is 0.938. The maximum absolute atomic E-state index is 12.0. The maximum Gasteiger partial charge on any atom is 0.410 e. The Morgan fingerprint density at radius 2 is 1.55 bits per heavy atom. The van der Waals surface area contributed by atoms with Crippen LogP contribution in [0, 0.1) is 5.41 Å². The summed E-state index contributed by atoms with van der Waals surface area (Å²) in [5, 5.41) is 0. The SMILES string of the molecule is CC(C)(C)CCCN1CCN(C(=O)OC(C)(C)C)CC1. The molecule has 0 N–H and O–H groups in total. The third kappa shape index (κ3) is 7.13. The Bertz CT molecular complexity index is 307. The second-order valence-corrected chi connectivity index (χ2v) is 7.97. The van der Waals surface area contributed by atoms with E-state index in [0.29, 0.717) is 5.41 Å². The van der Waals surface area contributed by atoms with Gasteiger partial charge in [-0.15, -0.1) is 0 Å². The molecule has 0 aromatic carbocycles. The maximum atomic E-state index is 12.0. The minimum absolute atomic E-state index is 0.174. The minimum Gasteiger partial charge on any atom is -0.444 e. The molecular formula is C16H32N2O2. The fourth-order valence-corrected chi connectivity index (χ4v) is 2.31. The van der Waals surface area contributed by atoms with Gasteiger partial charge in [0.2, 0.25) is 0 Å². The summed E-state index contributed by atoms with van der Waals surface area (Å²) < 4.78 is 5.41. The Kier molecular flexibility index (Phi) is 5.87. The topological polar surface area (TPSA) is 32.8 Å². The van der Waals surface area contributed by atoms with Crippen molar-refractivity contribution in [3.63, 3.8) is 0 Å². The third-order valence-electron chi connectivity index (χ3n) is 3.43. The van der Waals surface area contributed by atoms with E-state index in [-0.39, 0.29) is 6.09 Å². The Hall–Kier alpha value is -0.770. The van der Waals surface area contributed by atoms with Crippen molar-refractivity contribution >= 4 is 6.09 Å². The lowest BCUT2D eigenvalue weighted by Crippen LogP contribution is -2.50. The molecule has 0 aromatic heterocycles. The first kappa shape index (κ1) is 17.3. The molecule has 20 heavy (non-hydrogen) atoms. The molecule has 4 heteroatoms. The standard InChI is InChI=1S/C16H32N2O2/c1-15(2,3)8-7-9-17-10-12-18(13-11-17)14(19)20-16(4,5)6/h7-13H2,1-6H3. The van der Waals surface area contributed by atoms with Crippen molar-refractivity contribution in [2.45, 2.75) is 60.0 Å². The molecule has 0 spiro atoms. The summed E-state index contributed by atoms with van der Waals surface area (Å²) in [6, 6.07) is 0. The monoisotopic (exact) mass is 284 g/mol. The molecule has 0 aromatic rings. The van der Waals surface area contributed by atoms with Crippen molar-refractivity contribution in [2.75, 3.05) is 32.7 Å². The molecule has 1 aliphatic heterocycles. The van der Waals surface area contributed by atoms with Crippen molar-refractivity contribution in [3.05, 3.63) is 0 Å². The zero-order valence-electron chi connectivity index (χ0n) is 14.2. The van der Waals surface area contributed by atoms with Gasteiger partial charge in [0.1, 0.15) is 5.60 Å². The summed E-state index contributed by atoms with van der Waals surface area (Å²) >= 11 is 0. The summed E-state index contributed by atoms with van der Waals surface area (Å²) in [4.78, 5) is 16.2. The molecule has 1 fully saturated rings. The number of piperazine rings is 1. The van der Waals surface area contributed by atoms with Crippen LogP contribution in [-0.2, 0) is 4.74 Å². The Morgan fingerprint density at radius 1 is 1.00 bits per heavy atom. The summed E-state index contributed by atoms with van der Waals surface area (Å²) in [6.07, 6.45) is 2.31. The molecule has 0 radical (unpaired) electrons. The summed E-state index contributed by atoms with van der Waals surface area (Å²) in [5.41, 5.74) is 0.0132. The number of carbonyl (C=O) groups is 1. The van der Waals surface area contributed by atoms with E-state index in [1.165, 1.54) is 12.8 Å². The summed E-state index contributed by atoms with van der Waals surface area (Å²) in [6.45, 7) is 17.2. The van der Waals surface area contributed by atoms with Crippen LogP contribution >= 0.6 is 0 Å². The van der Waals surface area contributed by atoms with E-state index in [9.17, 15) is 4.79 Å². The van der Waals surface area contributed by atoms with Gasteiger partial charge in [-0.25, -0.2) is 4.79 Å². The van der Waals surface area contributed by atoms with E-state index in [2.05, 4.69) is 25.7 Å². The van der Waals surface area contributed by atoms with Crippen LogP contribution in [0.4, 0.5) is 4.79 Å². The predicted molar refractivity (Wildman–Crippen MR) is 82.9 cm³/mol. The number of rotatable bonds is 3. The van der Waals surface area contributed by atoms with Crippen LogP contribution in [0.2, 0.25) is 0 Å². The molecule has 1 aliphatic rings. The van der Waals surface area contributed by atoms with Crippen LogP contribution in [0.25, 0.3) is 0 Å². The van der Waals surface area contributed by atoms with Crippen LogP contribution in [0.3, 0.4) is 0 Å². The predicted octanol–water partition coefficient (Wildman–Crippen LogP) is 3.37. The Labute approximate surface area is 124 Å². The first-order valence-corrected chi connectivity index (χ1v) is 7.77. The number of hydrogen-bond acceptors (Lipinski definition) is 3. The van der Waals surface area contributed by atoms with Gasteiger partial charge >= 0.3 is 6.09 Å². The number of carbonyl (C=O) groups excluding carboxylic acids is 1. The lowest BCUT2D eigenvalue weighted by atomic mass is 9.90. The van der Waals surface area contributed by atoms with E-state index >= 15 is 0 Å². The van der Waals surface area contributed by atoms with Crippen LogP contribution < -0.4 is 0 Å². The molecular weight excluding hydrogens is 252 g/mol. The second-order valence-electron chi connectivity index (χ2n) is 7.97. The largest absolute Gasteiger partial charge is 0.444 e. The zero-order chi connectivity index (χ0) is 15.4. The highest BCUT2D eigenvalue weighted by atomic mass is 16.6. The lowest BCUT2D eigenvalue weighted by Gasteiger charge is -2.35. The van der Waals surface area contributed by atoms with E-state index in [1.807, 2.05) is 25.7 Å². The first-order chi connectivity index (χ1) is 9.07. The highest BCUT2D eigenvalue weighted by molar-refractivity contribution is 5.68. The minimum atomic E-state index is -0.402. The van der Waals surface area contributed by atoms with Crippen molar-refractivity contribution in [1.82, 2.24) is 9.80 Å². The van der Waals surface area contributed by atoms with Crippen LogP contribution in [0.5, 0.6) is 0 Å². The highest BCUT2D eigenvalue weighted by Gasteiger charge is 2.25. The zero-order valence-corrected chi connectivity index (χ0v) is 14.2. The van der Waals surface area contributed by atoms with Crippen LogP contribution in [0.15, 0.2) is 0 Å². The average molecular weight is 284 g/mol. The van der Waals surface area contributed by atoms with Crippen molar-refractivity contribution in [3.8, 4) is 0 Å².